The highest BCUT2D eigenvalue weighted by molar-refractivity contribution is 7.89. The molecule has 0 saturated heterocycles. The first-order chi connectivity index (χ1) is 12.6. The third-order valence-electron chi connectivity index (χ3n) is 4.17. The van der Waals surface area contributed by atoms with Crippen LogP contribution in [0.4, 0.5) is 10.1 Å². The second-order valence-corrected chi connectivity index (χ2v) is 8.61. The number of aryl methyl sites for hydroxylation is 1. The van der Waals surface area contributed by atoms with Crippen LogP contribution >= 0.6 is 0 Å². The van der Waals surface area contributed by atoms with Gasteiger partial charge in [-0.1, -0.05) is 18.2 Å². The summed E-state index contributed by atoms with van der Waals surface area (Å²) in [6.07, 6.45) is 0. The minimum absolute atomic E-state index is 0.0160. The molecule has 0 radical (unpaired) electrons. The van der Waals surface area contributed by atoms with Gasteiger partial charge >= 0.3 is 0 Å². The maximum absolute atomic E-state index is 13.0. The van der Waals surface area contributed by atoms with Crippen molar-refractivity contribution in [2.75, 3.05) is 26.0 Å². The number of halogens is 1. The Morgan fingerprint density at radius 1 is 1.15 bits per heavy atom. The highest BCUT2D eigenvalue weighted by Crippen LogP contribution is 2.22. The van der Waals surface area contributed by atoms with Gasteiger partial charge in [0.2, 0.25) is 15.9 Å². The molecule has 0 aromatic heterocycles. The van der Waals surface area contributed by atoms with Gasteiger partial charge in [-0.2, -0.15) is 0 Å². The molecule has 1 unspecified atom stereocenters. The van der Waals surface area contributed by atoms with Crippen molar-refractivity contribution in [3.8, 4) is 0 Å². The number of carbonyl (C=O) groups excluding carboxylic acids is 1. The quantitative estimate of drug-likeness (QED) is 0.758. The monoisotopic (exact) mass is 393 g/mol. The van der Waals surface area contributed by atoms with E-state index in [-0.39, 0.29) is 29.2 Å². The standard InChI is InChI=1S/C19H24FN3O3S/c1-13-5-10-17(27(25,26)23(3)4)11-18(13)21-12-19(24)22-14(2)15-6-8-16(20)9-7-15/h5-11,14,21H,12H2,1-4H3,(H,22,24). The van der Waals surface area contributed by atoms with E-state index < -0.39 is 10.0 Å². The predicted octanol–water partition coefficient (Wildman–Crippen LogP) is 2.67. The number of hydrogen-bond donors (Lipinski definition) is 2. The maximum atomic E-state index is 13.0. The van der Waals surface area contributed by atoms with E-state index in [1.54, 1.807) is 25.1 Å². The molecule has 2 aromatic carbocycles. The minimum atomic E-state index is -3.55. The molecule has 0 heterocycles. The number of carbonyl (C=O) groups is 1. The summed E-state index contributed by atoms with van der Waals surface area (Å²) in [4.78, 5) is 12.3. The Morgan fingerprint density at radius 2 is 1.78 bits per heavy atom. The molecule has 0 spiro atoms. The highest BCUT2D eigenvalue weighted by atomic mass is 32.2. The van der Waals surface area contributed by atoms with E-state index in [1.807, 2.05) is 6.92 Å². The van der Waals surface area contributed by atoms with Gasteiger partial charge in [-0.05, 0) is 49.2 Å². The number of rotatable bonds is 7. The lowest BCUT2D eigenvalue weighted by molar-refractivity contribution is -0.120. The van der Waals surface area contributed by atoms with Crippen molar-refractivity contribution < 1.29 is 17.6 Å². The normalized spacial score (nSPS) is 12.7. The molecule has 6 nitrogen and oxygen atoms in total. The Bertz CT molecular complexity index is 912. The van der Waals surface area contributed by atoms with E-state index in [1.165, 1.54) is 38.4 Å². The molecule has 27 heavy (non-hydrogen) atoms. The zero-order valence-corrected chi connectivity index (χ0v) is 16.6. The third kappa shape index (κ3) is 5.27. The Balaban J connectivity index is 2.03. The first-order valence-electron chi connectivity index (χ1n) is 8.43. The van der Waals surface area contributed by atoms with Crippen LogP contribution in [0.5, 0.6) is 0 Å². The van der Waals surface area contributed by atoms with Gasteiger partial charge in [-0.15, -0.1) is 0 Å². The number of nitrogens with zero attached hydrogens (tertiary/aromatic N) is 1. The smallest absolute Gasteiger partial charge is 0.242 e. The lowest BCUT2D eigenvalue weighted by atomic mass is 10.1. The van der Waals surface area contributed by atoms with Crippen LogP contribution in [0.3, 0.4) is 0 Å². The molecule has 1 atom stereocenters. The fourth-order valence-corrected chi connectivity index (χ4v) is 3.39. The fourth-order valence-electron chi connectivity index (χ4n) is 2.47. The van der Waals surface area contributed by atoms with Gasteiger partial charge in [0, 0.05) is 19.8 Å². The van der Waals surface area contributed by atoms with Gasteiger partial charge in [0.15, 0.2) is 0 Å². The van der Waals surface area contributed by atoms with Gasteiger partial charge in [-0.25, -0.2) is 17.1 Å². The van der Waals surface area contributed by atoms with Crippen LogP contribution in [-0.4, -0.2) is 39.3 Å². The van der Waals surface area contributed by atoms with Gasteiger partial charge in [-0.3, -0.25) is 4.79 Å². The van der Waals surface area contributed by atoms with E-state index in [0.29, 0.717) is 5.69 Å². The fraction of sp³-hybridized carbons (Fsp3) is 0.316. The maximum Gasteiger partial charge on any atom is 0.242 e. The number of hydrogen-bond acceptors (Lipinski definition) is 4. The topological polar surface area (TPSA) is 78.5 Å². The highest BCUT2D eigenvalue weighted by Gasteiger charge is 2.18. The van der Waals surface area contributed by atoms with E-state index in [2.05, 4.69) is 10.6 Å². The summed E-state index contributed by atoms with van der Waals surface area (Å²) in [6, 6.07) is 10.4. The van der Waals surface area contributed by atoms with Crippen LogP contribution in [0, 0.1) is 12.7 Å². The van der Waals surface area contributed by atoms with Gasteiger partial charge in [0.25, 0.3) is 0 Å². The third-order valence-corrected chi connectivity index (χ3v) is 5.99. The molecular formula is C19H24FN3O3S. The summed E-state index contributed by atoms with van der Waals surface area (Å²) >= 11 is 0. The van der Waals surface area contributed by atoms with Crippen molar-refractivity contribution in [3.05, 3.63) is 59.4 Å². The molecule has 0 saturated carbocycles. The number of amides is 1. The Morgan fingerprint density at radius 3 is 2.37 bits per heavy atom. The van der Waals surface area contributed by atoms with Crippen molar-refractivity contribution in [2.24, 2.45) is 0 Å². The molecule has 0 aliphatic rings. The van der Waals surface area contributed by atoms with Gasteiger partial charge < -0.3 is 10.6 Å². The summed E-state index contributed by atoms with van der Waals surface area (Å²) < 4.78 is 38.6. The summed E-state index contributed by atoms with van der Waals surface area (Å²) in [7, 11) is -0.621. The Labute approximate surface area is 159 Å². The van der Waals surface area contributed by atoms with E-state index in [4.69, 9.17) is 0 Å². The van der Waals surface area contributed by atoms with Crippen LogP contribution in [0.1, 0.15) is 24.1 Å². The first-order valence-corrected chi connectivity index (χ1v) is 9.87. The van der Waals surface area contributed by atoms with Crippen molar-refractivity contribution in [1.82, 2.24) is 9.62 Å². The molecule has 0 fully saturated rings. The first kappa shape index (κ1) is 20.9. The second-order valence-electron chi connectivity index (χ2n) is 6.46. The van der Waals surface area contributed by atoms with E-state index >= 15 is 0 Å². The largest absolute Gasteiger partial charge is 0.376 e. The number of sulfonamides is 1. The Hall–Kier alpha value is -2.45. The average Bonchev–Trinajstić information content (AvgIpc) is 2.61. The van der Waals surface area contributed by atoms with Gasteiger partial charge in [0.1, 0.15) is 5.82 Å². The summed E-state index contributed by atoms with van der Waals surface area (Å²) in [5, 5.41) is 5.79. The van der Waals surface area contributed by atoms with Crippen molar-refractivity contribution in [2.45, 2.75) is 24.8 Å². The van der Waals surface area contributed by atoms with Crippen LogP contribution in [0.2, 0.25) is 0 Å². The molecule has 0 bridgehead atoms. The summed E-state index contributed by atoms with van der Waals surface area (Å²) in [5.74, 6) is -0.589. The van der Waals surface area contributed by atoms with Crippen molar-refractivity contribution in [1.29, 1.82) is 0 Å². The minimum Gasteiger partial charge on any atom is -0.376 e. The summed E-state index contributed by atoms with van der Waals surface area (Å²) in [5.41, 5.74) is 2.19. The average molecular weight is 393 g/mol. The summed E-state index contributed by atoms with van der Waals surface area (Å²) in [6.45, 7) is 3.62. The van der Waals surface area contributed by atoms with Crippen LogP contribution in [0.25, 0.3) is 0 Å². The molecule has 0 aliphatic heterocycles. The molecule has 2 aromatic rings. The molecule has 2 N–H and O–H groups in total. The zero-order valence-electron chi connectivity index (χ0n) is 15.8. The van der Waals surface area contributed by atoms with Crippen LogP contribution < -0.4 is 10.6 Å². The Kier molecular flexibility index (Phi) is 6.56. The molecule has 0 aliphatic carbocycles. The van der Waals surface area contributed by atoms with Crippen LogP contribution in [-0.2, 0) is 14.8 Å². The molecule has 8 heteroatoms. The lowest BCUT2D eigenvalue weighted by Crippen LogP contribution is -2.32. The molecule has 146 valence electrons. The number of nitrogens with one attached hydrogen (secondary N) is 2. The van der Waals surface area contributed by atoms with E-state index in [0.717, 1.165) is 15.4 Å². The number of anilines is 1. The van der Waals surface area contributed by atoms with Crippen molar-refractivity contribution >= 4 is 21.6 Å². The second kappa shape index (κ2) is 8.49. The lowest BCUT2D eigenvalue weighted by Gasteiger charge is -2.17. The SMILES string of the molecule is Cc1ccc(S(=O)(=O)N(C)C)cc1NCC(=O)NC(C)c1ccc(F)cc1. The van der Waals surface area contributed by atoms with E-state index in [9.17, 15) is 17.6 Å². The van der Waals surface area contributed by atoms with Crippen molar-refractivity contribution in [3.63, 3.8) is 0 Å². The van der Waals surface area contributed by atoms with Crippen LogP contribution in [0.15, 0.2) is 47.4 Å². The predicted molar refractivity (Wildman–Crippen MR) is 103 cm³/mol. The zero-order chi connectivity index (χ0) is 20.2. The van der Waals surface area contributed by atoms with Gasteiger partial charge in [0.05, 0.1) is 17.5 Å². The molecular weight excluding hydrogens is 369 g/mol. The molecule has 1 amide bonds. The molecule has 2 rings (SSSR count). The number of benzene rings is 2.